The van der Waals surface area contributed by atoms with E-state index in [9.17, 15) is 9.18 Å². The largest absolute Gasteiger partial charge is 0.481 e. The average molecular weight is 273 g/mol. The van der Waals surface area contributed by atoms with Crippen molar-refractivity contribution in [3.8, 4) is 0 Å². The van der Waals surface area contributed by atoms with E-state index in [4.69, 9.17) is 5.11 Å². The molecular formula is C16H16FNO2. The standard InChI is InChI=1S/C16H16FNO2/c1-11-3-2-4-14(17)16(11)18-10-13-7-5-12(6-8-13)9-15(19)20/h2-8,18H,9-10H2,1H3,(H,19,20). The molecule has 0 radical (unpaired) electrons. The van der Waals surface area contributed by atoms with Gasteiger partial charge in [-0.05, 0) is 29.7 Å². The Bertz CT molecular complexity index is 588. The zero-order valence-corrected chi connectivity index (χ0v) is 11.2. The fraction of sp³-hybridized carbons (Fsp3) is 0.188. The van der Waals surface area contributed by atoms with Gasteiger partial charge in [0.05, 0.1) is 12.1 Å². The number of carboxylic acids is 1. The highest BCUT2D eigenvalue weighted by molar-refractivity contribution is 5.70. The Balaban J connectivity index is 2.02. The number of halogens is 1. The Labute approximate surface area is 117 Å². The lowest BCUT2D eigenvalue weighted by Gasteiger charge is -2.10. The zero-order valence-electron chi connectivity index (χ0n) is 11.2. The van der Waals surface area contributed by atoms with E-state index in [2.05, 4.69) is 5.32 Å². The summed E-state index contributed by atoms with van der Waals surface area (Å²) in [6, 6.07) is 12.2. The van der Waals surface area contributed by atoms with Crippen molar-refractivity contribution in [2.75, 3.05) is 5.32 Å². The monoisotopic (exact) mass is 273 g/mol. The molecular weight excluding hydrogens is 257 g/mol. The van der Waals surface area contributed by atoms with Gasteiger partial charge in [-0.15, -0.1) is 0 Å². The Hall–Kier alpha value is -2.36. The predicted octanol–water partition coefficient (Wildman–Crippen LogP) is 3.37. The molecule has 0 bridgehead atoms. The second kappa shape index (κ2) is 6.19. The van der Waals surface area contributed by atoms with E-state index in [1.807, 2.05) is 25.1 Å². The maximum absolute atomic E-state index is 13.6. The fourth-order valence-electron chi connectivity index (χ4n) is 2.00. The molecule has 0 amide bonds. The molecule has 2 aromatic carbocycles. The molecule has 0 aromatic heterocycles. The lowest BCUT2D eigenvalue weighted by Crippen LogP contribution is -2.04. The number of hydrogen-bond acceptors (Lipinski definition) is 2. The highest BCUT2D eigenvalue weighted by atomic mass is 19.1. The SMILES string of the molecule is Cc1cccc(F)c1NCc1ccc(CC(=O)O)cc1. The minimum Gasteiger partial charge on any atom is -0.481 e. The van der Waals surface area contributed by atoms with E-state index in [-0.39, 0.29) is 12.2 Å². The fourth-order valence-corrected chi connectivity index (χ4v) is 2.00. The molecule has 0 spiro atoms. The quantitative estimate of drug-likeness (QED) is 0.878. The summed E-state index contributed by atoms with van der Waals surface area (Å²) >= 11 is 0. The van der Waals surface area contributed by atoms with Crippen molar-refractivity contribution in [2.24, 2.45) is 0 Å². The van der Waals surface area contributed by atoms with Crippen molar-refractivity contribution in [3.63, 3.8) is 0 Å². The van der Waals surface area contributed by atoms with Crippen molar-refractivity contribution in [3.05, 3.63) is 65.0 Å². The third kappa shape index (κ3) is 3.57. The summed E-state index contributed by atoms with van der Waals surface area (Å²) in [5.74, 6) is -1.12. The van der Waals surface area contributed by atoms with Crippen molar-refractivity contribution in [1.82, 2.24) is 0 Å². The number of nitrogens with one attached hydrogen (secondary N) is 1. The number of carboxylic acid groups (broad SMARTS) is 1. The van der Waals surface area contributed by atoms with E-state index < -0.39 is 5.97 Å². The van der Waals surface area contributed by atoms with E-state index in [1.165, 1.54) is 6.07 Å². The van der Waals surface area contributed by atoms with Gasteiger partial charge in [0.1, 0.15) is 5.82 Å². The first-order valence-electron chi connectivity index (χ1n) is 6.35. The maximum atomic E-state index is 13.6. The normalized spacial score (nSPS) is 10.3. The second-order valence-electron chi connectivity index (χ2n) is 4.67. The first kappa shape index (κ1) is 14.1. The van der Waals surface area contributed by atoms with Gasteiger partial charge in [0.2, 0.25) is 0 Å². The molecule has 0 aliphatic rings. The first-order valence-corrected chi connectivity index (χ1v) is 6.35. The van der Waals surface area contributed by atoms with Gasteiger partial charge in [-0.2, -0.15) is 0 Å². The summed E-state index contributed by atoms with van der Waals surface area (Å²) in [4.78, 5) is 10.6. The van der Waals surface area contributed by atoms with Crippen LogP contribution in [0.15, 0.2) is 42.5 Å². The molecule has 0 saturated heterocycles. The van der Waals surface area contributed by atoms with Gasteiger partial charge in [-0.1, -0.05) is 36.4 Å². The summed E-state index contributed by atoms with van der Waals surface area (Å²) in [7, 11) is 0. The number of carbonyl (C=O) groups is 1. The minimum atomic E-state index is -0.849. The molecule has 104 valence electrons. The lowest BCUT2D eigenvalue weighted by atomic mass is 10.1. The molecule has 0 unspecified atom stereocenters. The van der Waals surface area contributed by atoms with Crippen LogP contribution in [0.4, 0.5) is 10.1 Å². The smallest absolute Gasteiger partial charge is 0.307 e. The highest BCUT2D eigenvalue weighted by Gasteiger charge is 2.05. The summed E-state index contributed by atoms with van der Waals surface area (Å²) in [5.41, 5.74) is 3.08. The van der Waals surface area contributed by atoms with Crippen LogP contribution in [0.1, 0.15) is 16.7 Å². The predicted molar refractivity (Wildman–Crippen MR) is 76.2 cm³/mol. The molecule has 0 aliphatic heterocycles. The molecule has 0 aliphatic carbocycles. The van der Waals surface area contributed by atoms with Crippen LogP contribution in [0.5, 0.6) is 0 Å². The van der Waals surface area contributed by atoms with E-state index in [1.54, 1.807) is 18.2 Å². The Kier molecular flexibility index (Phi) is 4.35. The molecule has 2 aromatic rings. The van der Waals surface area contributed by atoms with Crippen LogP contribution in [0.25, 0.3) is 0 Å². The van der Waals surface area contributed by atoms with Gasteiger partial charge in [-0.3, -0.25) is 4.79 Å². The highest BCUT2D eigenvalue weighted by Crippen LogP contribution is 2.19. The van der Waals surface area contributed by atoms with Crippen LogP contribution in [0.2, 0.25) is 0 Å². The number of aliphatic carboxylic acids is 1. The van der Waals surface area contributed by atoms with E-state index >= 15 is 0 Å². The Morgan fingerprint density at radius 3 is 2.40 bits per heavy atom. The summed E-state index contributed by atoms with van der Waals surface area (Å²) in [6.07, 6.45) is 0.0140. The molecule has 2 N–H and O–H groups in total. The zero-order chi connectivity index (χ0) is 14.5. The lowest BCUT2D eigenvalue weighted by molar-refractivity contribution is -0.136. The number of hydrogen-bond donors (Lipinski definition) is 2. The third-order valence-electron chi connectivity index (χ3n) is 3.07. The average Bonchev–Trinajstić information content (AvgIpc) is 2.39. The van der Waals surface area contributed by atoms with Crippen LogP contribution in [0, 0.1) is 12.7 Å². The number of rotatable bonds is 5. The molecule has 4 heteroatoms. The van der Waals surface area contributed by atoms with E-state index in [0.29, 0.717) is 12.2 Å². The minimum absolute atomic E-state index is 0.0140. The summed E-state index contributed by atoms with van der Waals surface area (Å²) in [6.45, 7) is 2.34. The van der Waals surface area contributed by atoms with Gasteiger partial charge < -0.3 is 10.4 Å². The van der Waals surface area contributed by atoms with Gasteiger partial charge in [0.15, 0.2) is 0 Å². The van der Waals surface area contributed by atoms with Gasteiger partial charge >= 0.3 is 5.97 Å². The molecule has 3 nitrogen and oxygen atoms in total. The van der Waals surface area contributed by atoms with Gasteiger partial charge in [-0.25, -0.2) is 4.39 Å². The number of anilines is 1. The van der Waals surface area contributed by atoms with Crippen LogP contribution in [-0.2, 0) is 17.8 Å². The van der Waals surface area contributed by atoms with Crippen LogP contribution < -0.4 is 5.32 Å². The number of benzene rings is 2. The van der Waals surface area contributed by atoms with Gasteiger partial charge in [0.25, 0.3) is 0 Å². The number of aryl methyl sites for hydroxylation is 1. The molecule has 0 fully saturated rings. The third-order valence-corrected chi connectivity index (χ3v) is 3.07. The number of para-hydroxylation sites is 1. The first-order chi connectivity index (χ1) is 9.56. The van der Waals surface area contributed by atoms with Gasteiger partial charge in [0, 0.05) is 6.54 Å². The molecule has 0 atom stereocenters. The Morgan fingerprint density at radius 2 is 1.80 bits per heavy atom. The summed E-state index contributed by atoms with van der Waals surface area (Å²) < 4.78 is 13.6. The van der Waals surface area contributed by atoms with Crippen LogP contribution >= 0.6 is 0 Å². The molecule has 20 heavy (non-hydrogen) atoms. The van der Waals surface area contributed by atoms with Crippen molar-refractivity contribution in [1.29, 1.82) is 0 Å². The van der Waals surface area contributed by atoms with Crippen LogP contribution in [0.3, 0.4) is 0 Å². The second-order valence-corrected chi connectivity index (χ2v) is 4.67. The van der Waals surface area contributed by atoms with Crippen LogP contribution in [-0.4, -0.2) is 11.1 Å². The van der Waals surface area contributed by atoms with E-state index in [0.717, 1.165) is 16.7 Å². The Morgan fingerprint density at radius 1 is 1.15 bits per heavy atom. The van der Waals surface area contributed by atoms with Crippen molar-refractivity contribution >= 4 is 11.7 Å². The summed E-state index contributed by atoms with van der Waals surface area (Å²) in [5, 5.41) is 11.8. The molecule has 2 rings (SSSR count). The van der Waals surface area contributed by atoms with Crippen molar-refractivity contribution < 1.29 is 14.3 Å². The maximum Gasteiger partial charge on any atom is 0.307 e. The molecule has 0 heterocycles. The topological polar surface area (TPSA) is 49.3 Å². The molecule has 0 saturated carbocycles. The van der Waals surface area contributed by atoms with Crippen molar-refractivity contribution in [2.45, 2.75) is 19.9 Å².